The van der Waals surface area contributed by atoms with E-state index in [-0.39, 0.29) is 5.91 Å². The molecule has 7 nitrogen and oxygen atoms in total. The lowest BCUT2D eigenvalue weighted by Gasteiger charge is -2.34. The van der Waals surface area contributed by atoms with Gasteiger partial charge in [0.05, 0.1) is 18.4 Å². The number of benzene rings is 2. The van der Waals surface area contributed by atoms with E-state index in [1.54, 1.807) is 25.5 Å². The van der Waals surface area contributed by atoms with Gasteiger partial charge in [-0.2, -0.15) is 0 Å². The van der Waals surface area contributed by atoms with Crippen LogP contribution in [-0.4, -0.2) is 37.3 Å². The summed E-state index contributed by atoms with van der Waals surface area (Å²) < 4.78 is 10.2. The Balaban J connectivity index is 1.34. The number of hydrogen-bond donors (Lipinski definition) is 2. The second-order valence-electron chi connectivity index (χ2n) is 7.34. The standard InChI is InChI=1S/C23H26N4O3/c1-29-22-8-3-2-7-21(22)23(28)25-18-5-4-6-20(15-18)27-12-9-17(10-13-27)24-16-19-11-14-30-26-19/h2-8,11,14-15,17,24H,9-10,12-13,16H2,1H3,(H,25,28). The fourth-order valence-corrected chi connectivity index (χ4v) is 3.73. The number of carbonyl (C=O) groups is 1. The van der Waals surface area contributed by atoms with Crippen molar-refractivity contribution in [3.8, 4) is 5.75 Å². The third-order valence-corrected chi connectivity index (χ3v) is 5.38. The van der Waals surface area contributed by atoms with Crippen molar-refractivity contribution in [2.45, 2.75) is 25.4 Å². The van der Waals surface area contributed by atoms with E-state index in [0.29, 0.717) is 17.4 Å². The lowest BCUT2D eigenvalue weighted by Crippen LogP contribution is -2.42. The number of nitrogens with one attached hydrogen (secondary N) is 2. The first-order chi connectivity index (χ1) is 14.7. The molecule has 1 aromatic heterocycles. The average molecular weight is 406 g/mol. The molecule has 1 fully saturated rings. The zero-order valence-corrected chi connectivity index (χ0v) is 17.0. The van der Waals surface area contributed by atoms with E-state index in [4.69, 9.17) is 9.26 Å². The van der Waals surface area contributed by atoms with Crippen molar-refractivity contribution in [1.82, 2.24) is 10.5 Å². The van der Waals surface area contributed by atoms with Crippen LogP contribution in [0.4, 0.5) is 11.4 Å². The zero-order chi connectivity index (χ0) is 20.8. The summed E-state index contributed by atoms with van der Waals surface area (Å²) >= 11 is 0. The van der Waals surface area contributed by atoms with Crippen LogP contribution in [0.25, 0.3) is 0 Å². The first-order valence-corrected chi connectivity index (χ1v) is 10.1. The molecule has 2 aromatic carbocycles. The molecule has 2 N–H and O–H groups in total. The third-order valence-electron chi connectivity index (χ3n) is 5.38. The summed E-state index contributed by atoms with van der Waals surface area (Å²) in [6.07, 6.45) is 3.70. The van der Waals surface area contributed by atoms with Crippen LogP contribution < -0.4 is 20.3 Å². The molecule has 3 aromatic rings. The SMILES string of the molecule is COc1ccccc1C(=O)Nc1cccc(N2CCC(NCc3ccon3)CC2)c1. The highest BCUT2D eigenvalue weighted by molar-refractivity contribution is 6.06. The molecule has 0 bridgehead atoms. The molecule has 156 valence electrons. The summed E-state index contributed by atoms with van der Waals surface area (Å²) in [6, 6.07) is 17.6. The Morgan fingerprint density at radius 3 is 2.77 bits per heavy atom. The summed E-state index contributed by atoms with van der Waals surface area (Å²) in [7, 11) is 1.57. The van der Waals surface area contributed by atoms with Gasteiger partial charge >= 0.3 is 0 Å². The van der Waals surface area contributed by atoms with Crippen molar-refractivity contribution in [1.29, 1.82) is 0 Å². The van der Waals surface area contributed by atoms with Gasteiger partial charge in [0, 0.05) is 43.1 Å². The van der Waals surface area contributed by atoms with Crippen LogP contribution in [0.3, 0.4) is 0 Å². The van der Waals surface area contributed by atoms with E-state index >= 15 is 0 Å². The Bertz CT molecular complexity index is 966. The Morgan fingerprint density at radius 1 is 1.17 bits per heavy atom. The second kappa shape index (κ2) is 9.45. The van der Waals surface area contributed by atoms with Crippen LogP contribution in [0, 0.1) is 0 Å². The van der Waals surface area contributed by atoms with Gasteiger partial charge in [0.2, 0.25) is 0 Å². The quantitative estimate of drug-likeness (QED) is 0.623. The molecule has 30 heavy (non-hydrogen) atoms. The Hall–Kier alpha value is -3.32. The largest absolute Gasteiger partial charge is 0.496 e. The minimum absolute atomic E-state index is 0.180. The predicted molar refractivity (Wildman–Crippen MR) is 116 cm³/mol. The molecule has 1 saturated heterocycles. The van der Waals surface area contributed by atoms with Gasteiger partial charge in [-0.3, -0.25) is 4.79 Å². The molecule has 2 heterocycles. The number of hydrogen-bond acceptors (Lipinski definition) is 6. The summed E-state index contributed by atoms with van der Waals surface area (Å²) in [4.78, 5) is 15.0. The van der Waals surface area contributed by atoms with Crippen molar-refractivity contribution < 1.29 is 14.1 Å². The lowest BCUT2D eigenvalue weighted by molar-refractivity contribution is 0.102. The van der Waals surface area contributed by atoms with Crippen LogP contribution in [0.5, 0.6) is 5.75 Å². The monoisotopic (exact) mass is 406 g/mol. The van der Waals surface area contributed by atoms with Crippen molar-refractivity contribution >= 4 is 17.3 Å². The van der Waals surface area contributed by atoms with E-state index in [0.717, 1.165) is 49.5 Å². The maximum atomic E-state index is 12.7. The minimum Gasteiger partial charge on any atom is -0.496 e. The van der Waals surface area contributed by atoms with Gasteiger partial charge in [-0.05, 0) is 43.2 Å². The molecule has 0 unspecified atom stereocenters. The van der Waals surface area contributed by atoms with Crippen molar-refractivity contribution in [3.63, 3.8) is 0 Å². The molecule has 0 radical (unpaired) electrons. The fourth-order valence-electron chi connectivity index (χ4n) is 3.73. The molecular weight excluding hydrogens is 380 g/mol. The van der Waals surface area contributed by atoms with Gasteiger partial charge in [0.1, 0.15) is 12.0 Å². The highest BCUT2D eigenvalue weighted by atomic mass is 16.5. The molecule has 1 aliphatic heterocycles. The first kappa shape index (κ1) is 20.0. The van der Waals surface area contributed by atoms with Crippen LogP contribution >= 0.6 is 0 Å². The normalized spacial score (nSPS) is 14.5. The highest BCUT2D eigenvalue weighted by Crippen LogP contribution is 2.25. The molecule has 7 heteroatoms. The summed E-state index contributed by atoms with van der Waals surface area (Å²) in [5.41, 5.74) is 3.33. The second-order valence-corrected chi connectivity index (χ2v) is 7.34. The smallest absolute Gasteiger partial charge is 0.259 e. The van der Waals surface area contributed by atoms with Gasteiger partial charge in [-0.1, -0.05) is 23.4 Å². The lowest BCUT2D eigenvalue weighted by atomic mass is 10.0. The average Bonchev–Trinajstić information content (AvgIpc) is 3.32. The number of methoxy groups -OCH3 is 1. The number of nitrogens with zero attached hydrogens (tertiary/aromatic N) is 2. The number of rotatable bonds is 7. The minimum atomic E-state index is -0.180. The Morgan fingerprint density at radius 2 is 2.00 bits per heavy atom. The zero-order valence-electron chi connectivity index (χ0n) is 17.0. The van der Waals surface area contributed by atoms with Gasteiger partial charge in [-0.25, -0.2) is 0 Å². The molecule has 0 saturated carbocycles. The van der Waals surface area contributed by atoms with Crippen molar-refractivity contribution in [3.05, 3.63) is 72.1 Å². The highest BCUT2D eigenvalue weighted by Gasteiger charge is 2.20. The first-order valence-electron chi connectivity index (χ1n) is 10.1. The Labute approximate surface area is 176 Å². The van der Waals surface area contributed by atoms with Gasteiger partial charge in [0.15, 0.2) is 0 Å². The topological polar surface area (TPSA) is 79.6 Å². The van der Waals surface area contributed by atoms with Crippen LogP contribution in [0.15, 0.2) is 65.4 Å². The number of aromatic nitrogens is 1. The number of amides is 1. The van der Waals surface area contributed by atoms with E-state index in [9.17, 15) is 4.79 Å². The maximum absolute atomic E-state index is 12.7. The van der Waals surface area contributed by atoms with E-state index in [1.165, 1.54) is 0 Å². The van der Waals surface area contributed by atoms with Crippen LogP contribution in [0.1, 0.15) is 28.9 Å². The molecule has 0 spiro atoms. The maximum Gasteiger partial charge on any atom is 0.259 e. The number of ether oxygens (including phenoxy) is 1. The van der Waals surface area contributed by atoms with E-state index < -0.39 is 0 Å². The molecule has 1 amide bonds. The fraction of sp³-hybridized carbons (Fsp3) is 0.304. The van der Waals surface area contributed by atoms with E-state index in [1.807, 2.05) is 36.4 Å². The molecular formula is C23H26N4O3. The van der Waals surface area contributed by atoms with Gasteiger partial charge in [0.25, 0.3) is 5.91 Å². The molecule has 4 rings (SSSR count). The van der Waals surface area contributed by atoms with Crippen LogP contribution in [0.2, 0.25) is 0 Å². The van der Waals surface area contributed by atoms with Crippen LogP contribution in [-0.2, 0) is 6.54 Å². The van der Waals surface area contributed by atoms with Gasteiger partial charge in [-0.15, -0.1) is 0 Å². The number of para-hydroxylation sites is 1. The Kier molecular flexibility index (Phi) is 6.29. The predicted octanol–water partition coefficient (Wildman–Crippen LogP) is 3.69. The third kappa shape index (κ3) is 4.80. The van der Waals surface area contributed by atoms with Gasteiger partial charge < -0.3 is 24.8 Å². The number of piperidine rings is 1. The molecule has 1 aliphatic rings. The molecule has 0 aliphatic carbocycles. The summed E-state index contributed by atoms with van der Waals surface area (Å²) in [5.74, 6) is 0.381. The van der Waals surface area contributed by atoms with E-state index in [2.05, 4.69) is 26.8 Å². The number of carbonyl (C=O) groups excluding carboxylic acids is 1. The number of anilines is 2. The van der Waals surface area contributed by atoms with Crippen molar-refractivity contribution in [2.24, 2.45) is 0 Å². The molecule has 0 atom stereocenters. The van der Waals surface area contributed by atoms with Crippen molar-refractivity contribution in [2.75, 3.05) is 30.4 Å². The summed E-state index contributed by atoms with van der Waals surface area (Å²) in [6.45, 7) is 2.65. The summed E-state index contributed by atoms with van der Waals surface area (Å²) in [5, 5.41) is 10.5.